The molecule has 1 aromatic rings. The van der Waals surface area contributed by atoms with Crippen LogP contribution in [0.1, 0.15) is 38.8 Å². The Labute approximate surface area is 180 Å². The number of nitriles is 1. The summed E-state index contributed by atoms with van der Waals surface area (Å²) in [5, 5.41) is 8.78. The van der Waals surface area contributed by atoms with Gasteiger partial charge in [0.05, 0.1) is 17.7 Å². The number of halogens is 2. The van der Waals surface area contributed by atoms with E-state index < -0.39 is 37.5 Å². The highest BCUT2D eigenvalue weighted by atomic mass is 32.2. The van der Waals surface area contributed by atoms with Crippen molar-refractivity contribution in [3.63, 3.8) is 0 Å². The van der Waals surface area contributed by atoms with Crippen LogP contribution in [0.4, 0.5) is 8.78 Å². The second kappa shape index (κ2) is 8.51. The van der Waals surface area contributed by atoms with Gasteiger partial charge >= 0.3 is 0 Å². The first kappa shape index (κ1) is 24.1. The monoisotopic (exact) mass is 447 g/mol. The number of hydrogen-bond acceptors (Lipinski definition) is 7. The van der Waals surface area contributed by atoms with Crippen molar-refractivity contribution in [3.05, 3.63) is 52.9 Å². The summed E-state index contributed by atoms with van der Waals surface area (Å²) in [5.74, 6) is -1.99. The zero-order valence-electron chi connectivity index (χ0n) is 17.6. The van der Waals surface area contributed by atoms with Crippen molar-refractivity contribution in [3.8, 4) is 6.07 Å². The number of rotatable bonds is 5. The molecule has 0 saturated carbocycles. The molecule has 0 saturated heterocycles. The molecule has 1 atom stereocenters. The molecule has 1 aliphatic heterocycles. The molecule has 0 radical (unpaired) electrons. The lowest BCUT2D eigenvalue weighted by Crippen LogP contribution is -2.55. The van der Waals surface area contributed by atoms with Gasteiger partial charge in [-0.25, -0.2) is 17.2 Å². The number of benzene rings is 1. The summed E-state index contributed by atoms with van der Waals surface area (Å²) in [5.41, 5.74) is 4.57. The van der Waals surface area contributed by atoms with E-state index in [-0.39, 0.29) is 28.4 Å². The van der Waals surface area contributed by atoms with Gasteiger partial charge in [-0.2, -0.15) is 5.26 Å². The van der Waals surface area contributed by atoms with Crippen LogP contribution in [-0.2, 0) is 15.4 Å². The van der Waals surface area contributed by atoms with Crippen LogP contribution < -0.4 is 5.73 Å². The standard InChI is InChI=1S/C21H23F2N5O2S/c1-13(27-11-15(10-24)26-5)18(23)9-14-6-7-17(22)16(8-14)21(4)12-31(29,30)20(2,3)19(25)28-21/h6-9,11H,5,12H2,1-4H3,(H2,25,28)/b15-11-,18-9-,27-13-/t21-/m0/s1. The molecule has 1 aliphatic rings. The van der Waals surface area contributed by atoms with Crippen LogP contribution in [0.2, 0.25) is 0 Å². The van der Waals surface area contributed by atoms with E-state index in [1.54, 1.807) is 6.07 Å². The molecule has 164 valence electrons. The predicted octanol–water partition coefficient (Wildman–Crippen LogP) is 3.44. The van der Waals surface area contributed by atoms with Crippen molar-refractivity contribution in [1.82, 2.24) is 0 Å². The Morgan fingerprint density at radius 2 is 2.03 bits per heavy atom. The van der Waals surface area contributed by atoms with E-state index >= 15 is 0 Å². The van der Waals surface area contributed by atoms with Crippen LogP contribution in [-0.4, -0.2) is 37.2 Å². The molecule has 2 N–H and O–H groups in total. The maximum absolute atomic E-state index is 14.7. The molecule has 0 bridgehead atoms. The average molecular weight is 448 g/mol. The summed E-state index contributed by atoms with van der Waals surface area (Å²) in [7, 11) is -3.73. The SMILES string of the molecule is C=N\C(C#N)=C/N=C(C)\C(F)=C\c1ccc(F)c([C@]2(C)CS(=O)(=O)C(C)(C)C(N)=N2)c1. The Balaban J connectivity index is 2.52. The van der Waals surface area contributed by atoms with Gasteiger partial charge in [0, 0.05) is 5.56 Å². The van der Waals surface area contributed by atoms with Crippen molar-refractivity contribution in [2.45, 2.75) is 38.0 Å². The largest absolute Gasteiger partial charge is 0.386 e. The molecule has 2 rings (SSSR count). The molecule has 10 heteroatoms. The second-order valence-corrected chi connectivity index (χ2v) is 10.3. The van der Waals surface area contributed by atoms with Gasteiger partial charge in [-0.3, -0.25) is 15.0 Å². The van der Waals surface area contributed by atoms with Gasteiger partial charge < -0.3 is 5.73 Å². The summed E-state index contributed by atoms with van der Waals surface area (Å²) >= 11 is 0. The van der Waals surface area contributed by atoms with Gasteiger partial charge in [0.25, 0.3) is 0 Å². The van der Waals surface area contributed by atoms with E-state index in [0.717, 1.165) is 18.3 Å². The van der Waals surface area contributed by atoms with E-state index in [4.69, 9.17) is 11.0 Å². The summed E-state index contributed by atoms with van der Waals surface area (Å²) in [6.45, 7) is 8.94. The first-order valence-corrected chi connectivity index (χ1v) is 10.8. The van der Waals surface area contributed by atoms with Crippen LogP contribution in [0.5, 0.6) is 0 Å². The molecule has 0 aromatic heterocycles. The van der Waals surface area contributed by atoms with E-state index in [2.05, 4.69) is 21.7 Å². The third-order valence-corrected chi connectivity index (χ3v) is 7.81. The first-order valence-electron chi connectivity index (χ1n) is 9.14. The molecule has 31 heavy (non-hydrogen) atoms. The van der Waals surface area contributed by atoms with Crippen molar-refractivity contribution >= 4 is 34.2 Å². The Kier molecular flexibility index (Phi) is 6.61. The zero-order chi connectivity index (χ0) is 23.6. The van der Waals surface area contributed by atoms with Crippen LogP contribution in [0.15, 0.2) is 50.9 Å². The smallest absolute Gasteiger partial charge is 0.165 e. The third-order valence-electron chi connectivity index (χ3n) is 5.11. The zero-order valence-corrected chi connectivity index (χ0v) is 18.5. The fourth-order valence-corrected chi connectivity index (χ4v) is 4.59. The molecular formula is C21H23F2N5O2S. The summed E-state index contributed by atoms with van der Waals surface area (Å²) in [6, 6.07) is 5.51. The molecule has 0 aliphatic carbocycles. The lowest BCUT2D eigenvalue weighted by atomic mass is 9.91. The van der Waals surface area contributed by atoms with Crippen LogP contribution >= 0.6 is 0 Å². The third kappa shape index (κ3) is 4.77. The van der Waals surface area contributed by atoms with Gasteiger partial charge in [0.15, 0.2) is 15.5 Å². The molecule has 1 heterocycles. The highest BCUT2D eigenvalue weighted by Crippen LogP contribution is 2.38. The number of aliphatic imine (C=N–C) groups is 3. The average Bonchev–Trinajstić information content (AvgIpc) is 2.68. The molecule has 0 amide bonds. The van der Waals surface area contributed by atoms with E-state index in [1.807, 2.05) is 0 Å². The fraction of sp³-hybridized carbons (Fsp3) is 0.333. The predicted molar refractivity (Wildman–Crippen MR) is 119 cm³/mol. The van der Waals surface area contributed by atoms with Gasteiger partial charge in [-0.05, 0) is 58.2 Å². The van der Waals surface area contributed by atoms with Gasteiger partial charge in [-0.1, -0.05) is 6.07 Å². The van der Waals surface area contributed by atoms with Crippen LogP contribution in [0, 0.1) is 17.1 Å². The topological polar surface area (TPSA) is 121 Å². The van der Waals surface area contributed by atoms with Crippen molar-refractivity contribution in [1.29, 1.82) is 5.26 Å². The summed E-state index contributed by atoms with van der Waals surface area (Å²) in [6.07, 6.45) is 2.18. The Bertz CT molecular complexity index is 1190. The number of nitrogens with zero attached hydrogens (tertiary/aromatic N) is 4. The minimum Gasteiger partial charge on any atom is -0.386 e. The normalized spacial score (nSPS) is 23.6. The summed E-state index contributed by atoms with van der Waals surface area (Å²) < 4.78 is 53.3. The molecule has 1 aromatic carbocycles. The lowest BCUT2D eigenvalue weighted by Gasteiger charge is -2.38. The van der Waals surface area contributed by atoms with E-state index in [9.17, 15) is 17.2 Å². The highest BCUT2D eigenvalue weighted by Gasteiger charge is 2.49. The molecular weight excluding hydrogens is 424 g/mol. The second-order valence-electron chi connectivity index (χ2n) is 7.77. The molecule has 7 nitrogen and oxygen atoms in total. The minimum absolute atomic E-state index is 0.0202. The lowest BCUT2D eigenvalue weighted by molar-refractivity contribution is 0.475. The van der Waals surface area contributed by atoms with Crippen LogP contribution in [0.25, 0.3) is 6.08 Å². The van der Waals surface area contributed by atoms with Crippen molar-refractivity contribution in [2.24, 2.45) is 20.7 Å². The Hall–Kier alpha value is -3.19. The maximum Gasteiger partial charge on any atom is 0.165 e. The van der Waals surface area contributed by atoms with Gasteiger partial charge in [0.1, 0.15) is 33.8 Å². The Morgan fingerprint density at radius 1 is 1.39 bits per heavy atom. The number of sulfone groups is 1. The van der Waals surface area contributed by atoms with Crippen molar-refractivity contribution < 1.29 is 17.2 Å². The van der Waals surface area contributed by atoms with Gasteiger partial charge in [0.2, 0.25) is 0 Å². The summed E-state index contributed by atoms with van der Waals surface area (Å²) in [4.78, 5) is 11.5. The minimum atomic E-state index is -3.73. The molecule has 0 spiro atoms. The van der Waals surface area contributed by atoms with Crippen molar-refractivity contribution in [2.75, 3.05) is 5.75 Å². The van der Waals surface area contributed by atoms with E-state index in [0.29, 0.717) is 0 Å². The highest BCUT2D eigenvalue weighted by molar-refractivity contribution is 7.93. The molecule has 0 unspecified atom stereocenters. The van der Waals surface area contributed by atoms with E-state index in [1.165, 1.54) is 39.8 Å². The maximum atomic E-state index is 14.7. The number of hydrogen-bond donors (Lipinski definition) is 1. The fourth-order valence-electron chi connectivity index (χ4n) is 2.90. The molecule has 0 fully saturated rings. The van der Waals surface area contributed by atoms with Crippen LogP contribution in [0.3, 0.4) is 0 Å². The quantitative estimate of drug-likeness (QED) is 0.549. The number of nitrogens with two attached hydrogens (primary N) is 1. The Morgan fingerprint density at radius 3 is 2.58 bits per heavy atom. The number of allylic oxidation sites excluding steroid dienone is 2. The number of amidine groups is 1. The van der Waals surface area contributed by atoms with Gasteiger partial charge in [-0.15, -0.1) is 0 Å². The first-order chi connectivity index (χ1) is 14.3.